The molecule has 2 N–H and O–H groups in total. The highest BCUT2D eigenvalue weighted by molar-refractivity contribution is 5.37. The molecule has 0 saturated heterocycles. The van der Waals surface area contributed by atoms with Crippen LogP contribution in [0.1, 0.15) is 23.6 Å². The number of hydrogen-bond donors (Lipinski definition) is 2. The van der Waals surface area contributed by atoms with Crippen molar-refractivity contribution >= 4 is 0 Å². The van der Waals surface area contributed by atoms with E-state index in [0.717, 1.165) is 16.9 Å². The smallest absolute Gasteiger partial charge is 0.120 e. The Balaban J connectivity index is 1.97. The van der Waals surface area contributed by atoms with E-state index in [2.05, 4.69) is 11.4 Å². The number of ether oxygens (including phenoxy) is 1. The molecule has 0 aliphatic heterocycles. The lowest BCUT2D eigenvalue weighted by Crippen LogP contribution is -2.28. The number of nitrogens with zero attached hydrogens (tertiary/aromatic N) is 1. The highest BCUT2D eigenvalue weighted by atomic mass is 16.5. The van der Waals surface area contributed by atoms with Crippen molar-refractivity contribution in [2.24, 2.45) is 0 Å². The summed E-state index contributed by atoms with van der Waals surface area (Å²) in [6, 6.07) is 17.5. The third kappa shape index (κ3) is 4.59. The summed E-state index contributed by atoms with van der Waals surface area (Å²) in [5, 5.41) is 21.3. The molecule has 0 saturated carbocycles. The van der Waals surface area contributed by atoms with Gasteiger partial charge in [-0.05, 0) is 30.7 Å². The van der Waals surface area contributed by atoms with E-state index >= 15 is 0 Å². The van der Waals surface area contributed by atoms with Crippen LogP contribution in [0, 0.1) is 11.3 Å². The average Bonchev–Trinajstić information content (AvgIpc) is 2.58. The van der Waals surface area contributed by atoms with Gasteiger partial charge in [-0.2, -0.15) is 5.26 Å². The molecule has 0 aliphatic carbocycles. The molecule has 0 amide bonds. The van der Waals surface area contributed by atoms with Crippen molar-refractivity contribution in [3.05, 3.63) is 65.2 Å². The Morgan fingerprint density at radius 3 is 2.82 bits per heavy atom. The molecular weight excluding hydrogens is 276 g/mol. The molecular formula is C18H20N2O2. The quantitative estimate of drug-likeness (QED) is 0.824. The van der Waals surface area contributed by atoms with Crippen LogP contribution in [0.5, 0.6) is 5.75 Å². The average molecular weight is 296 g/mol. The molecule has 2 aromatic carbocycles. The van der Waals surface area contributed by atoms with Gasteiger partial charge in [0.05, 0.1) is 18.2 Å². The van der Waals surface area contributed by atoms with E-state index in [4.69, 9.17) is 15.1 Å². The molecule has 0 bridgehead atoms. The standard InChI is InChI=1S/C18H20N2O2/c1-14(12-21)20-11-15-5-4-8-18(9-15)22-13-17-7-3-2-6-16(17)10-19/h2-9,14,20-21H,11-13H2,1H3/t14-/m1/s1. The summed E-state index contributed by atoms with van der Waals surface area (Å²) in [4.78, 5) is 0. The number of hydrogen-bond acceptors (Lipinski definition) is 4. The molecule has 1 atom stereocenters. The van der Waals surface area contributed by atoms with E-state index in [1.807, 2.05) is 49.4 Å². The van der Waals surface area contributed by atoms with Gasteiger partial charge in [0.25, 0.3) is 0 Å². The van der Waals surface area contributed by atoms with Gasteiger partial charge in [-0.25, -0.2) is 0 Å². The number of aliphatic hydroxyl groups excluding tert-OH is 1. The van der Waals surface area contributed by atoms with Crippen LogP contribution in [-0.2, 0) is 13.2 Å². The van der Waals surface area contributed by atoms with Gasteiger partial charge in [0.15, 0.2) is 0 Å². The number of nitriles is 1. The van der Waals surface area contributed by atoms with Crippen LogP contribution in [0.4, 0.5) is 0 Å². The summed E-state index contributed by atoms with van der Waals surface area (Å²) < 4.78 is 5.78. The first-order valence-corrected chi connectivity index (χ1v) is 7.27. The summed E-state index contributed by atoms with van der Waals surface area (Å²) in [7, 11) is 0. The predicted octanol–water partition coefficient (Wildman–Crippen LogP) is 2.61. The Morgan fingerprint density at radius 1 is 1.23 bits per heavy atom. The molecule has 114 valence electrons. The van der Waals surface area contributed by atoms with Crippen molar-refractivity contribution in [2.75, 3.05) is 6.61 Å². The van der Waals surface area contributed by atoms with E-state index in [1.165, 1.54) is 0 Å². The molecule has 0 radical (unpaired) electrons. The number of aliphatic hydroxyl groups is 1. The lowest BCUT2D eigenvalue weighted by molar-refractivity contribution is 0.251. The van der Waals surface area contributed by atoms with Gasteiger partial charge < -0.3 is 15.2 Å². The van der Waals surface area contributed by atoms with E-state index in [1.54, 1.807) is 6.07 Å². The molecule has 0 unspecified atom stereocenters. The summed E-state index contributed by atoms with van der Waals surface area (Å²) in [5.41, 5.74) is 2.60. The predicted molar refractivity (Wildman–Crippen MR) is 85.3 cm³/mol. The maximum atomic E-state index is 9.07. The molecule has 4 nitrogen and oxygen atoms in total. The van der Waals surface area contributed by atoms with Gasteiger partial charge in [0.1, 0.15) is 12.4 Å². The van der Waals surface area contributed by atoms with E-state index in [-0.39, 0.29) is 12.6 Å². The minimum absolute atomic E-state index is 0.0621. The normalized spacial score (nSPS) is 11.7. The molecule has 2 aromatic rings. The van der Waals surface area contributed by atoms with Gasteiger partial charge in [-0.3, -0.25) is 0 Å². The second kappa shape index (κ2) is 8.18. The molecule has 0 aromatic heterocycles. The van der Waals surface area contributed by atoms with Crippen LogP contribution in [0.2, 0.25) is 0 Å². The summed E-state index contributed by atoms with van der Waals surface area (Å²) >= 11 is 0. The fourth-order valence-corrected chi connectivity index (χ4v) is 2.02. The van der Waals surface area contributed by atoms with Crippen molar-refractivity contribution in [3.63, 3.8) is 0 Å². The molecule has 22 heavy (non-hydrogen) atoms. The first-order chi connectivity index (χ1) is 10.7. The summed E-state index contributed by atoms with van der Waals surface area (Å²) in [6.07, 6.45) is 0. The third-order valence-corrected chi connectivity index (χ3v) is 3.36. The molecule has 2 rings (SSSR count). The second-order valence-corrected chi connectivity index (χ2v) is 5.17. The number of rotatable bonds is 7. The molecule has 4 heteroatoms. The highest BCUT2D eigenvalue weighted by Gasteiger charge is 2.03. The Hall–Kier alpha value is -2.35. The van der Waals surface area contributed by atoms with Crippen LogP contribution in [0.15, 0.2) is 48.5 Å². The van der Waals surface area contributed by atoms with E-state index < -0.39 is 0 Å². The first kappa shape index (κ1) is 16.0. The zero-order chi connectivity index (χ0) is 15.8. The fourth-order valence-electron chi connectivity index (χ4n) is 2.02. The largest absolute Gasteiger partial charge is 0.489 e. The zero-order valence-corrected chi connectivity index (χ0v) is 12.6. The van der Waals surface area contributed by atoms with Crippen molar-refractivity contribution < 1.29 is 9.84 Å². The summed E-state index contributed by atoms with van der Waals surface area (Å²) in [6.45, 7) is 3.08. The molecule has 0 fully saturated rings. The van der Waals surface area contributed by atoms with Crippen LogP contribution in [-0.4, -0.2) is 17.8 Å². The Morgan fingerprint density at radius 2 is 2.05 bits per heavy atom. The van der Waals surface area contributed by atoms with Crippen molar-refractivity contribution in [1.29, 1.82) is 5.26 Å². The topological polar surface area (TPSA) is 65.3 Å². The maximum Gasteiger partial charge on any atom is 0.120 e. The lowest BCUT2D eigenvalue weighted by Gasteiger charge is -2.12. The number of benzene rings is 2. The van der Waals surface area contributed by atoms with Crippen molar-refractivity contribution in [2.45, 2.75) is 26.1 Å². The zero-order valence-electron chi connectivity index (χ0n) is 12.6. The Kier molecular flexibility index (Phi) is 5.96. The SMILES string of the molecule is C[C@H](CO)NCc1cccc(OCc2ccccc2C#N)c1. The van der Waals surface area contributed by atoms with Crippen molar-refractivity contribution in [1.82, 2.24) is 5.32 Å². The van der Waals surface area contributed by atoms with Crippen LogP contribution < -0.4 is 10.1 Å². The summed E-state index contributed by atoms with van der Waals surface area (Å²) in [5.74, 6) is 0.767. The minimum atomic E-state index is 0.0621. The molecule has 0 aliphatic rings. The monoisotopic (exact) mass is 296 g/mol. The first-order valence-electron chi connectivity index (χ1n) is 7.27. The maximum absolute atomic E-state index is 9.07. The van der Waals surface area contributed by atoms with Gasteiger partial charge in [-0.1, -0.05) is 30.3 Å². The van der Waals surface area contributed by atoms with Crippen molar-refractivity contribution in [3.8, 4) is 11.8 Å². The highest BCUT2D eigenvalue weighted by Crippen LogP contribution is 2.16. The van der Waals surface area contributed by atoms with Gasteiger partial charge in [0, 0.05) is 18.2 Å². The van der Waals surface area contributed by atoms with Gasteiger partial charge in [-0.15, -0.1) is 0 Å². The minimum Gasteiger partial charge on any atom is -0.489 e. The third-order valence-electron chi connectivity index (χ3n) is 3.36. The lowest BCUT2D eigenvalue weighted by atomic mass is 10.1. The Labute approximate surface area is 131 Å². The molecule has 0 spiro atoms. The van der Waals surface area contributed by atoms with Gasteiger partial charge >= 0.3 is 0 Å². The van der Waals surface area contributed by atoms with Gasteiger partial charge in [0.2, 0.25) is 0 Å². The van der Waals surface area contributed by atoms with Crippen LogP contribution >= 0.6 is 0 Å². The van der Waals surface area contributed by atoms with Crippen LogP contribution in [0.25, 0.3) is 0 Å². The fraction of sp³-hybridized carbons (Fsp3) is 0.278. The second-order valence-electron chi connectivity index (χ2n) is 5.17. The van der Waals surface area contributed by atoms with E-state index in [0.29, 0.717) is 18.7 Å². The Bertz CT molecular complexity index is 650. The van der Waals surface area contributed by atoms with E-state index in [9.17, 15) is 0 Å². The molecule has 0 heterocycles. The number of nitrogens with one attached hydrogen (secondary N) is 1. The van der Waals surface area contributed by atoms with Crippen LogP contribution in [0.3, 0.4) is 0 Å².